The van der Waals surface area contributed by atoms with Crippen molar-refractivity contribution in [2.45, 2.75) is 32.1 Å². The third-order valence-electron chi connectivity index (χ3n) is 4.40. The summed E-state index contributed by atoms with van der Waals surface area (Å²) in [6, 6.07) is 7.43. The first-order valence-electron chi connectivity index (χ1n) is 7.86. The second-order valence-corrected chi connectivity index (χ2v) is 6.14. The van der Waals surface area contributed by atoms with Crippen LogP contribution in [0.5, 0.6) is 0 Å². The first-order valence-corrected chi connectivity index (χ1v) is 7.86. The van der Waals surface area contributed by atoms with Gasteiger partial charge in [0, 0.05) is 25.5 Å². The molecule has 1 aliphatic rings. The summed E-state index contributed by atoms with van der Waals surface area (Å²) >= 11 is 0. The number of likely N-dealkylation sites (tertiary alicyclic amines) is 1. The van der Waals surface area contributed by atoms with E-state index in [1.807, 2.05) is 16.9 Å². The minimum absolute atomic E-state index is 0.584. The Hall–Kier alpha value is -1.82. The van der Waals surface area contributed by atoms with Crippen molar-refractivity contribution in [2.24, 2.45) is 5.92 Å². The van der Waals surface area contributed by atoms with Gasteiger partial charge in [0.15, 0.2) is 0 Å². The number of benzene rings is 1. The van der Waals surface area contributed by atoms with Crippen molar-refractivity contribution in [3.63, 3.8) is 0 Å². The summed E-state index contributed by atoms with van der Waals surface area (Å²) in [7, 11) is 0. The zero-order chi connectivity index (χ0) is 16.3. The smallest absolute Gasteiger partial charge is 0.299 e. The molecular weight excluding hydrogens is 303 g/mol. The van der Waals surface area contributed by atoms with Crippen LogP contribution in [-0.4, -0.2) is 27.8 Å². The molecule has 23 heavy (non-hydrogen) atoms. The summed E-state index contributed by atoms with van der Waals surface area (Å²) in [5.41, 5.74) is 0.350. The molecule has 0 atom stereocenters. The Labute approximate surface area is 133 Å². The molecule has 3 nitrogen and oxygen atoms in total. The number of piperidine rings is 1. The van der Waals surface area contributed by atoms with Gasteiger partial charge in [0.25, 0.3) is 0 Å². The van der Waals surface area contributed by atoms with Crippen LogP contribution in [0.4, 0.5) is 13.2 Å². The molecule has 2 heterocycles. The molecule has 0 N–H and O–H groups in total. The van der Waals surface area contributed by atoms with Gasteiger partial charge < -0.3 is 0 Å². The lowest BCUT2D eigenvalue weighted by Gasteiger charge is -2.32. The number of halogens is 3. The maximum absolute atomic E-state index is 12.6. The molecule has 1 saturated heterocycles. The average Bonchev–Trinajstić information content (AvgIpc) is 3.02. The zero-order valence-corrected chi connectivity index (χ0v) is 12.8. The zero-order valence-electron chi connectivity index (χ0n) is 12.8. The maximum Gasteiger partial charge on any atom is 0.416 e. The van der Waals surface area contributed by atoms with Gasteiger partial charge in [-0.2, -0.15) is 18.3 Å². The highest BCUT2D eigenvalue weighted by molar-refractivity contribution is 5.24. The monoisotopic (exact) mass is 323 g/mol. The summed E-state index contributed by atoms with van der Waals surface area (Å²) in [6.07, 6.45) is 1.71. The van der Waals surface area contributed by atoms with Gasteiger partial charge >= 0.3 is 6.18 Å². The van der Waals surface area contributed by atoms with Crippen LogP contribution in [-0.2, 0) is 19.3 Å². The Kier molecular flexibility index (Phi) is 4.71. The summed E-state index contributed by atoms with van der Waals surface area (Å²) < 4.78 is 39.6. The fourth-order valence-corrected chi connectivity index (χ4v) is 3.06. The molecule has 0 radical (unpaired) electrons. The molecule has 1 aromatic carbocycles. The SMILES string of the molecule is FC(F)(F)c1ccc(CN2CCC(Cn3cccn3)CC2)cc1. The summed E-state index contributed by atoms with van der Waals surface area (Å²) in [5.74, 6) is 0.624. The van der Waals surface area contributed by atoms with Crippen molar-refractivity contribution in [3.8, 4) is 0 Å². The Morgan fingerprint density at radius 1 is 1.09 bits per heavy atom. The Balaban J connectivity index is 1.48. The average molecular weight is 323 g/mol. The van der Waals surface area contributed by atoms with Crippen LogP contribution >= 0.6 is 0 Å². The number of aromatic nitrogens is 2. The normalized spacial score (nSPS) is 17.5. The van der Waals surface area contributed by atoms with Crippen molar-refractivity contribution < 1.29 is 13.2 Å². The first-order chi connectivity index (χ1) is 11.0. The second-order valence-electron chi connectivity index (χ2n) is 6.14. The lowest BCUT2D eigenvalue weighted by Crippen LogP contribution is -2.34. The van der Waals surface area contributed by atoms with E-state index in [1.54, 1.807) is 18.3 Å². The highest BCUT2D eigenvalue weighted by Crippen LogP contribution is 2.29. The van der Waals surface area contributed by atoms with Crippen molar-refractivity contribution >= 4 is 0 Å². The van der Waals surface area contributed by atoms with Crippen LogP contribution in [0.1, 0.15) is 24.0 Å². The highest BCUT2D eigenvalue weighted by Gasteiger charge is 2.30. The number of hydrogen-bond acceptors (Lipinski definition) is 2. The minimum Gasteiger partial charge on any atom is -0.299 e. The van der Waals surface area contributed by atoms with Crippen LogP contribution in [0.25, 0.3) is 0 Å². The molecular formula is C17H20F3N3. The lowest BCUT2D eigenvalue weighted by molar-refractivity contribution is -0.137. The van der Waals surface area contributed by atoms with Gasteiger partial charge in [-0.25, -0.2) is 0 Å². The second kappa shape index (κ2) is 6.74. The van der Waals surface area contributed by atoms with Crippen LogP contribution in [0, 0.1) is 5.92 Å². The first kappa shape index (κ1) is 16.1. The predicted molar refractivity (Wildman–Crippen MR) is 81.7 cm³/mol. The molecule has 2 aromatic rings. The van der Waals surface area contributed by atoms with E-state index < -0.39 is 11.7 Å². The third-order valence-corrected chi connectivity index (χ3v) is 4.40. The number of rotatable bonds is 4. The van der Waals surface area contributed by atoms with Gasteiger partial charge in [-0.05, 0) is 55.6 Å². The van der Waals surface area contributed by atoms with Gasteiger partial charge in [-0.15, -0.1) is 0 Å². The lowest BCUT2D eigenvalue weighted by atomic mass is 9.96. The van der Waals surface area contributed by atoms with Gasteiger partial charge in [0.2, 0.25) is 0 Å². The topological polar surface area (TPSA) is 21.1 Å². The summed E-state index contributed by atoms with van der Waals surface area (Å²) in [4.78, 5) is 2.31. The molecule has 0 bridgehead atoms. The molecule has 124 valence electrons. The van der Waals surface area contributed by atoms with Crippen LogP contribution in [0.15, 0.2) is 42.7 Å². The Bertz CT molecular complexity index is 597. The molecule has 0 amide bonds. The van der Waals surface area contributed by atoms with E-state index in [1.165, 1.54) is 12.1 Å². The quantitative estimate of drug-likeness (QED) is 0.853. The van der Waals surface area contributed by atoms with Crippen LogP contribution in [0.2, 0.25) is 0 Å². The van der Waals surface area contributed by atoms with Gasteiger partial charge in [0.1, 0.15) is 0 Å². The molecule has 0 saturated carbocycles. The largest absolute Gasteiger partial charge is 0.416 e. The maximum atomic E-state index is 12.6. The fourth-order valence-electron chi connectivity index (χ4n) is 3.06. The van der Waals surface area contributed by atoms with Gasteiger partial charge in [0.05, 0.1) is 5.56 Å². The van der Waals surface area contributed by atoms with E-state index in [-0.39, 0.29) is 0 Å². The van der Waals surface area contributed by atoms with Crippen molar-refractivity contribution in [1.82, 2.24) is 14.7 Å². The van der Waals surface area contributed by atoms with E-state index in [0.717, 1.165) is 38.0 Å². The van der Waals surface area contributed by atoms with E-state index in [4.69, 9.17) is 0 Å². The van der Waals surface area contributed by atoms with Gasteiger partial charge in [-0.1, -0.05) is 12.1 Å². The molecule has 3 rings (SSSR count). The molecule has 1 fully saturated rings. The number of alkyl halides is 3. The van der Waals surface area contributed by atoms with Crippen molar-refractivity contribution in [3.05, 3.63) is 53.9 Å². The van der Waals surface area contributed by atoms with Crippen LogP contribution in [0.3, 0.4) is 0 Å². The molecule has 6 heteroatoms. The number of nitrogens with zero attached hydrogens (tertiary/aromatic N) is 3. The Morgan fingerprint density at radius 3 is 2.35 bits per heavy atom. The fraction of sp³-hybridized carbons (Fsp3) is 0.471. The molecule has 0 aliphatic carbocycles. The van der Waals surface area contributed by atoms with Crippen molar-refractivity contribution in [2.75, 3.05) is 13.1 Å². The van der Waals surface area contributed by atoms with Crippen molar-refractivity contribution in [1.29, 1.82) is 0 Å². The molecule has 1 aromatic heterocycles. The van der Waals surface area contributed by atoms with E-state index in [9.17, 15) is 13.2 Å². The van der Waals surface area contributed by atoms with Crippen LogP contribution < -0.4 is 0 Å². The van der Waals surface area contributed by atoms with E-state index in [0.29, 0.717) is 12.5 Å². The molecule has 1 aliphatic heterocycles. The molecule has 0 unspecified atom stereocenters. The summed E-state index contributed by atoms with van der Waals surface area (Å²) in [5, 5.41) is 4.24. The summed E-state index contributed by atoms with van der Waals surface area (Å²) in [6.45, 7) is 3.62. The number of hydrogen-bond donors (Lipinski definition) is 0. The van der Waals surface area contributed by atoms with E-state index >= 15 is 0 Å². The van der Waals surface area contributed by atoms with E-state index in [2.05, 4.69) is 10.00 Å². The van der Waals surface area contributed by atoms with Gasteiger partial charge in [-0.3, -0.25) is 9.58 Å². The predicted octanol–water partition coefficient (Wildman–Crippen LogP) is 3.81. The Morgan fingerprint density at radius 2 is 1.78 bits per heavy atom. The highest BCUT2D eigenvalue weighted by atomic mass is 19.4. The standard InChI is InChI=1S/C17H20F3N3/c18-17(19,20)16-4-2-14(3-5-16)12-22-10-6-15(7-11-22)13-23-9-1-8-21-23/h1-5,8-9,15H,6-7,10-13H2. The molecule has 0 spiro atoms. The third kappa shape index (κ3) is 4.34. The minimum atomic E-state index is -4.26.